The van der Waals surface area contributed by atoms with Crippen molar-refractivity contribution in [3.63, 3.8) is 0 Å². The lowest BCUT2D eigenvalue weighted by Crippen LogP contribution is -2.29. The van der Waals surface area contributed by atoms with E-state index in [0.717, 1.165) is 30.8 Å². The van der Waals surface area contributed by atoms with E-state index in [1.807, 2.05) is 0 Å². The summed E-state index contributed by atoms with van der Waals surface area (Å²) < 4.78 is 3.73. The molecule has 1 heterocycles. The molecule has 0 saturated carbocycles. The van der Waals surface area contributed by atoms with Gasteiger partial charge in [-0.1, -0.05) is 17.8 Å². The Morgan fingerprint density at radius 1 is 1.53 bits per heavy atom. The number of hydrogen-bond donors (Lipinski definition) is 2. The highest BCUT2D eigenvalue weighted by molar-refractivity contribution is 7.07. The van der Waals surface area contributed by atoms with Crippen molar-refractivity contribution in [2.24, 2.45) is 5.92 Å². The SMILES string of the molecule is CCCC(CCO)CNC(=O)c1snnc1C. The van der Waals surface area contributed by atoms with Crippen LogP contribution in [-0.4, -0.2) is 33.8 Å². The normalized spacial score (nSPS) is 12.4. The molecule has 0 radical (unpaired) electrons. The van der Waals surface area contributed by atoms with Gasteiger partial charge in [-0.05, 0) is 37.2 Å². The van der Waals surface area contributed by atoms with Gasteiger partial charge in [0.2, 0.25) is 0 Å². The fraction of sp³-hybridized carbons (Fsp3) is 0.727. The molecule has 0 spiro atoms. The molecule has 1 aromatic rings. The standard InChI is InChI=1S/C11H19N3O2S/c1-3-4-9(5-6-15)7-12-11(16)10-8(2)13-14-17-10/h9,15H,3-7H2,1-2H3,(H,12,16). The Balaban J connectivity index is 2.43. The summed E-state index contributed by atoms with van der Waals surface area (Å²) in [5.74, 6) is 0.228. The van der Waals surface area contributed by atoms with Crippen molar-refractivity contribution in [1.29, 1.82) is 0 Å². The summed E-state index contributed by atoms with van der Waals surface area (Å²) in [5, 5.41) is 15.6. The number of aryl methyl sites for hydroxylation is 1. The summed E-state index contributed by atoms with van der Waals surface area (Å²) in [4.78, 5) is 12.4. The molecule has 0 bridgehead atoms. The molecular weight excluding hydrogens is 238 g/mol. The van der Waals surface area contributed by atoms with Crippen LogP contribution >= 0.6 is 11.5 Å². The first-order valence-corrected chi connectivity index (χ1v) is 6.64. The van der Waals surface area contributed by atoms with E-state index in [1.54, 1.807) is 6.92 Å². The molecule has 1 aromatic heterocycles. The van der Waals surface area contributed by atoms with Crippen molar-refractivity contribution in [3.8, 4) is 0 Å². The molecule has 1 unspecified atom stereocenters. The summed E-state index contributed by atoms with van der Waals surface area (Å²) in [6, 6.07) is 0. The predicted octanol–water partition coefficient (Wildman–Crippen LogP) is 1.38. The zero-order chi connectivity index (χ0) is 12.7. The van der Waals surface area contributed by atoms with Gasteiger partial charge in [0, 0.05) is 13.2 Å². The minimum atomic E-state index is -0.114. The van der Waals surface area contributed by atoms with Crippen LogP contribution < -0.4 is 5.32 Å². The van der Waals surface area contributed by atoms with Gasteiger partial charge in [-0.2, -0.15) is 0 Å². The maximum absolute atomic E-state index is 11.8. The summed E-state index contributed by atoms with van der Waals surface area (Å²) in [6.45, 7) is 4.64. The van der Waals surface area contributed by atoms with Gasteiger partial charge < -0.3 is 10.4 Å². The molecule has 5 nitrogen and oxygen atoms in total. The van der Waals surface area contributed by atoms with Gasteiger partial charge in [-0.15, -0.1) is 5.10 Å². The molecular formula is C11H19N3O2S. The van der Waals surface area contributed by atoms with Crippen LogP contribution in [0.25, 0.3) is 0 Å². The number of carbonyl (C=O) groups excluding carboxylic acids is 1. The van der Waals surface area contributed by atoms with Gasteiger partial charge in [0.15, 0.2) is 0 Å². The van der Waals surface area contributed by atoms with Crippen LogP contribution in [-0.2, 0) is 0 Å². The van der Waals surface area contributed by atoms with E-state index < -0.39 is 0 Å². The van der Waals surface area contributed by atoms with Crippen molar-refractivity contribution < 1.29 is 9.90 Å². The van der Waals surface area contributed by atoms with E-state index >= 15 is 0 Å². The third-order valence-corrected chi connectivity index (χ3v) is 3.47. The minimum absolute atomic E-state index is 0.114. The number of hydrogen-bond acceptors (Lipinski definition) is 5. The Hall–Kier alpha value is -1.01. The maximum atomic E-state index is 11.8. The zero-order valence-electron chi connectivity index (χ0n) is 10.3. The third kappa shape index (κ3) is 4.40. The average Bonchev–Trinajstić information content (AvgIpc) is 2.72. The Kier molecular flexibility index (Phi) is 6.07. The Bertz CT molecular complexity index is 348. The molecule has 0 aromatic carbocycles. The zero-order valence-corrected chi connectivity index (χ0v) is 11.1. The number of amides is 1. The van der Waals surface area contributed by atoms with Crippen molar-refractivity contribution in [2.45, 2.75) is 33.1 Å². The molecule has 0 saturated heterocycles. The van der Waals surface area contributed by atoms with Crippen LogP contribution in [0, 0.1) is 12.8 Å². The first kappa shape index (κ1) is 14.1. The predicted molar refractivity (Wildman–Crippen MR) is 67.1 cm³/mol. The van der Waals surface area contributed by atoms with Gasteiger partial charge in [-0.25, -0.2) is 0 Å². The van der Waals surface area contributed by atoms with Gasteiger partial charge in [0.25, 0.3) is 5.91 Å². The highest BCUT2D eigenvalue weighted by Crippen LogP contribution is 2.12. The third-order valence-electron chi connectivity index (χ3n) is 2.64. The van der Waals surface area contributed by atoms with Crippen LogP contribution in [0.1, 0.15) is 41.6 Å². The van der Waals surface area contributed by atoms with Crippen molar-refractivity contribution in [2.75, 3.05) is 13.2 Å². The quantitative estimate of drug-likeness (QED) is 0.773. The summed E-state index contributed by atoms with van der Waals surface area (Å²) in [5.41, 5.74) is 0.668. The van der Waals surface area contributed by atoms with Crippen molar-refractivity contribution in [3.05, 3.63) is 10.6 Å². The molecule has 1 rings (SSSR count). The summed E-state index contributed by atoms with van der Waals surface area (Å²) in [6.07, 6.45) is 2.80. The van der Waals surface area contributed by atoms with E-state index in [2.05, 4.69) is 21.8 Å². The fourth-order valence-electron chi connectivity index (χ4n) is 1.70. The molecule has 0 aliphatic heterocycles. The van der Waals surface area contributed by atoms with Crippen LogP contribution in [0.15, 0.2) is 0 Å². The maximum Gasteiger partial charge on any atom is 0.264 e. The highest BCUT2D eigenvalue weighted by Gasteiger charge is 2.14. The fourth-order valence-corrected chi connectivity index (χ4v) is 2.27. The smallest absolute Gasteiger partial charge is 0.264 e. The van der Waals surface area contributed by atoms with E-state index in [4.69, 9.17) is 5.11 Å². The molecule has 96 valence electrons. The molecule has 0 aliphatic carbocycles. The minimum Gasteiger partial charge on any atom is -0.396 e. The van der Waals surface area contributed by atoms with Gasteiger partial charge in [0.05, 0.1) is 5.69 Å². The van der Waals surface area contributed by atoms with Crippen LogP contribution in [0.5, 0.6) is 0 Å². The van der Waals surface area contributed by atoms with E-state index in [1.165, 1.54) is 0 Å². The summed E-state index contributed by atoms with van der Waals surface area (Å²) >= 11 is 1.11. The highest BCUT2D eigenvalue weighted by atomic mass is 32.1. The van der Waals surface area contributed by atoms with Gasteiger partial charge >= 0.3 is 0 Å². The monoisotopic (exact) mass is 257 g/mol. The first-order chi connectivity index (χ1) is 8.19. The molecule has 17 heavy (non-hydrogen) atoms. The molecule has 1 amide bonds. The Morgan fingerprint density at radius 3 is 2.82 bits per heavy atom. The van der Waals surface area contributed by atoms with E-state index in [0.29, 0.717) is 23.0 Å². The lowest BCUT2D eigenvalue weighted by molar-refractivity contribution is 0.0946. The second kappa shape index (κ2) is 7.34. The first-order valence-electron chi connectivity index (χ1n) is 5.87. The Morgan fingerprint density at radius 2 is 2.29 bits per heavy atom. The number of rotatable bonds is 7. The second-order valence-corrected chi connectivity index (χ2v) is 4.82. The number of nitrogens with zero attached hydrogens (tertiary/aromatic N) is 2. The number of aromatic nitrogens is 2. The summed E-state index contributed by atoms with van der Waals surface area (Å²) in [7, 11) is 0. The molecule has 0 aliphatic rings. The van der Waals surface area contributed by atoms with Crippen molar-refractivity contribution >= 4 is 17.4 Å². The number of nitrogens with one attached hydrogen (secondary N) is 1. The molecule has 1 atom stereocenters. The molecule has 2 N–H and O–H groups in total. The largest absolute Gasteiger partial charge is 0.396 e. The van der Waals surface area contributed by atoms with E-state index in [9.17, 15) is 4.79 Å². The molecule has 6 heteroatoms. The van der Waals surface area contributed by atoms with Gasteiger partial charge in [-0.3, -0.25) is 4.79 Å². The van der Waals surface area contributed by atoms with Crippen molar-refractivity contribution in [1.82, 2.24) is 14.9 Å². The lowest BCUT2D eigenvalue weighted by atomic mass is 10.0. The second-order valence-electron chi connectivity index (χ2n) is 4.06. The van der Waals surface area contributed by atoms with Crippen LogP contribution in [0.4, 0.5) is 0 Å². The lowest BCUT2D eigenvalue weighted by Gasteiger charge is -2.15. The number of aliphatic hydroxyl groups excluding tert-OH is 1. The average molecular weight is 257 g/mol. The Labute approximate surface area is 105 Å². The van der Waals surface area contributed by atoms with E-state index in [-0.39, 0.29) is 12.5 Å². The van der Waals surface area contributed by atoms with Crippen LogP contribution in [0.2, 0.25) is 0 Å². The van der Waals surface area contributed by atoms with Gasteiger partial charge in [0.1, 0.15) is 4.88 Å². The van der Waals surface area contributed by atoms with Crippen LogP contribution in [0.3, 0.4) is 0 Å². The topological polar surface area (TPSA) is 75.1 Å². The number of carbonyl (C=O) groups is 1. The molecule has 0 fully saturated rings. The number of aliphatic hydroxyl groups is 1.